The van der Waals surface area contributed by atoms with Gasteiger partial charge in [-0.05, 0) is 20.5 Å². The van der Waals surface area contributed by atoms with Gasteiger partial charge in [-0.25, -0.2) is 0 Å². The van der Waals surface area contributed by atoms with Gasteiger partial charge in [-0.1, -0.05) is 0 Å². The molecule has 0 aliphatic rings. The first-order valence-electron chi connectivity index (χ1n) is 2.69. The standard InChI is InChI=1S/C5H11NO2S/c1-6(2)4-3-5-9(7)8/h5H,3-4H2,1-2H3. The quantitative estimate of drug-likeness (QED) is 0.513. The smallest absolute Gasteiger partial charge is 0.209 e. The van der Waals surface area contributed by atoms with Crippen LogP contribution in [0.5, 0.6) is 0 Å². The maximum absolute atomic E-state index is 9.91. The number of hydrogen-bond acceptors (Lipinski definition) is 3. The molecule has 0 spiro atoms. The molecular formula is C5H11NO2S. The van der Waals surface area contributed by atoms with Crippen LogP contribution >= 0.6 is 0 Å². The minimum Gasteiger partial charge on any atom is -0.309 e. The molecule has 9 heavy (non-hydrogen) atoms. The van der Waals surface area contributed by atoms with Crippen molar-refractivity contribution < 1.29 is 8.42 Å². The summed E-state index contributed by atoms with van der Waals surface area (Å²) in [6.45, 7) is 0.786. The van der Waals surface area contributed by atoms with Crippen LogP contribution in [0.3, 0.4) is 0 Å². The molecule has 0 saturated heterocycles. The van der Waals surface area contributed by atoms with Gasteiger partial charge in [0.05, 0.1) is 0 Å². The normalized spacial score (nSPS) is 9.67. The molecule has 0 rings (SSSR count). The fourth-order valence-corrected chi connectivity index (χ4v) is 0.705. The Morgan fingerprint density at radius 2 is 2.00 bits per heavy atom. The molecule has 0 bridgehead atoms. The Morgan fingerprint density at radius 1 is 1.44 bits per heavy atom. The van der Waals surface area contributed by atoms with Gasteiger partial charge in [-0.3, -0.25) is 0 Å². The number of hydrogen-bond donors (Lipinski definition) is 0. The van der Waals surface area contributed by atoms with Crippen molar-refractivity contribution in [3.05, 3.63) is 0 Å². The van der Waals surface area contributed by atoms with E-state index in [9.17, 15) is 8.42 Å². The molecule has 0 fully saturated rings. The molecule has 0 aliphatic carbocycles. The van der Waals surface area contributed by atoms with E-state index < -0.39 is 10.3 Å². The second-order valence-electron chi connectivity index (χ2n) is 2.02. The van der Waals surface area contributed by atoms with Gasteiger partial charge in [0.15, 0.2) is 0 Å². The summed E-state index contributed by atoms with van der Waals surface area (Å²) in [5.74, 6) is 0. The highest BCUT2D eigenvalue weighted by Crippen LogP contribution is 1.76. The zero-order chi connectivity index (χ0) is 7.28. The lowest BCUT2D eigenvalue weighted by Gasteiger charge is -2.03. The van der Waals surface area contributed by atoms with Gasteiger partial charge >= 0.3 is 0 Å². The summed E-state index contributed by atoms with van der Waals surface area (Å²) < 4.78 is 19.8. The highest BCUT2D eigenvalue weighted by atomic mass is 32.2. The van der Waals surface area contributed by atoms with Gasteiger partial charge in [0.25, 0.3) is 0 Å². The third-order valence-electron chi connectivity index (χ3n) is 0.830. The van der Waals surface area contributed by atoms with E-state index in [0.29, 0.717) is 6.42 Å². The Kier molecular flexibility index (Phi) is 4.35. The molecule has 0 radical (unpaired) electrons. The fraction of sp³-hybridized carbons (Fsp3) is 0.800. The minimum atomic E-state index is -1.98. The summed E-state index contributed by atoms with van der Waals surface area (Å²) in [6.07, 6.45) is 0.600. The molecule has 0 aliphatic heterocycles. The van der Waals surface area contributed by atoms with Crippen LogP contribution in [0.1, 0.15) is 6.42 Å². The SMILES string of the molecule is CN(C)CCC=S(=O)=O. The van der Waals surface area contributed by atoms with Crippen molar-refractivity contribution in [1.82, 2.24) is 4.90 Å². The molecule has 3 nitrogen and oxygen atoms in total. The van der Waals surface area contributed by atoms with E-state index in [1.807, 2.05) is 19.0 Å². The molecule has 4 heteroatoms. The summed E-state index contributed by atoms with van der Waals surface area (Å²) >= 11 is 0. The molecule has 0 saturated carbocycles. The molecule has 0 unspecified atom stereocenters. The highest BCUT2D eigenvalue weighted by molar-refractivity contribution is 7.71. The summed E-state index contributed by atoms with van der Waals surface area (Å²) in [7, 11) is 1.83. The van der Waals surface area contributed by atoms with Crippen molar-refractivity contribution in [3.8, 4) is 0 Å². The van der Waals surface area contributed by atoms with Crippen LogP contribution in [0, 0.1) is 0 Å². The van der Waals surface area contributed by atoms with E-state index >= 15 is 0 Å². The zero-order valence-electron chi connectivity index (χ0n) is 5.66. The van der Waals surface area contributed by atoms with Crippen molar-refractivity contribution >= 4 is 15.7 Å². The molecule has 0 heterocycles. The number of nitrogens with zero attached hydrogens (tertiary/aromatic N) is 1. The predicted molar refractivity (Wildman–Crippen MR) is 38.2 cm³/mol. The van der Waals surface area contributed by atoms with Crippen LogP contribution < -0.4 is 0 Å². The minimum absolute atomic E-state index is 0.600. The van der Waals surface area contributed by atoms with Crippen LogP contribution in [0.4, 0.5) is 0 Å². The van der Waals surface area contributed by atoms with Crippen molar-refractivity contribution in [2.24, 2.45) is 0 Å². The first kappa shape index (κ1) is 8.65. The summed E-state index contributed by atoms with van der Waals surface area (Å²) in [6, 6.07) is 0. The van der Waals surface area contributed by atoms with Crippen molar-refractivity contribution in [2.45, 2.75) is 6.42 Å². The van der Waals surface area contributed by atoms with Crippen LogP contribution in [-0.4, -0.2) is 39.3 Å². The molecule has 0 amide bonds. The van der Waals surface area contributed by atoms with E-state index in [1.54, 1.807) is 0 Å². The maximum atomic E-state index is 9.91. The van der Waals surface area contributed by atoms with Crippen molar-refractivity contribution in [2.75, 3.05) is 20.6 Å². The van der Waals surface area contributed by atoms with Crippen LogP contribution in [0.25, 0.3) is 0 Å². The van der Waals surface area contributed by atoms with Gasteiger partial charge in [0.1, 0.15) is 0 Å². The highest BCUT2D eigenvalue weighted by Gasteiger charge is 1.84. The lowest BCUT2D eigenvalue weighted by Crippen LogP contribution is -2.12. The predicted octanol–water partition coefficient (Wildman–Crippen LogP) is -0.381. The van der Waals surface area contributed by atoms with Gasteiger partial charge in [-0.2, -0.15) is 8.42 Å². The van der Waals surface area contributed by atoms with Crippen molar-refractivity contribution in [3.63, 3.8) is 0 Å². The average Bonchev–Trinajstić information content (AvgIpc) is 1.63. The Bertz CT molecular complexity index is 173. The van der Waals surface area contributed by atoms with Gasteiger partial charge in [0, 0.05) is 11.9 Å². The lowest BCUT2D eigenvalue weighted by atomic mass is 10.5. The fourth-order valence-electron chi connectivity index (χ4n) is 0.407. The third-order valence-corrected chi connectivity index (χ3v) is 1.34. The Balaban J connectivity index is 3.43. The van der Waals surface area contributed by atoms with E-state index in [2.05, 4.69) is 0 Å². The third kappa shape index (κ3) is 7.65. The largest absolute Gasteiger partial charge is 0.309 e. The monoisotopic (exact) mass is 149 g/mol. The molecule has 0 N–H and O–H groups in total. The molecule has 0 atom stereocenters. The van der Waals surface area contributed by atoms with Gasteiger partial charge in [0.2, 0.25) is 10.3 Å². The van der Waals surface area contributed by atoms with Crippen molar-refractivity contribution in [1.29, 1.82) is 0 Å². The average molecular weight is 149 g/mol. The molecule has 0 aromatic carbocycles. The Labute approximate surface area is 56.8 Å². The Hall–Kier alpha value is -0.350. The molecule has 54 valence electrons. The Morgan fingerprint density at radius 3 is 2.33 bits per heavy atom. The van der Waals surface area contributed by atoms with Crippen LogP contribution in [0.2, 0.25) is 0 Å². The van der Waals surface area contributed by atoms with Crippen LogP contribution in [0.15, 0.2) is 0 Å². The number of rotatable bonds is 3. The summed E-state index contributed by atoms with van der Waals surface area (Å²) in [5.41, 5.74) is 0. The lowest BCUT2D eigenvalue weighted by molar-refractivity contribution is 0.423. The topological polar surface area (TPSA) is 37.4 Å². The van der Waals surface area contributed by atoms with E-state index in [0.717, 1.165) is 6.54 Å². The summed E-state index contributed by atoms with van der Waals surface area (Å²) in [5, 5.41) is 1.26. The van der Waals surface area contributed by atoms with E-state index in [4.69, 9.17) is 0 Å². The second-order valence-corrected chi connectivity index (χ2v) is 2.87. The molecule has 0 aromatic rings. The second kappa shape index (κ2) is 4.52. The first-order valence-corrected chi connectivity index (χ1v) is 3.83. The first-order chi connectivity index (χ1) is 4.13. The van der Waals surface area contributed by atoms with E-state index in [1.165, 1.54) is 5.37 Å². The zero-order valence-corrected chi connectivity index (χ0v) is 6.48. The van der Waals surface area contributed by atoms with Gasteiger partial charge < -0.3 is 4.90 Å². The molecule has 0 aromatic heterocycles. The summed E-state index contributed by atoms with van der Waals surface area (Å²) in [4.78, 5) is 1.93. The van der Waals surface area contributed by atoms with Gasteiger partial charge in [-0.15, -0.1) is 0 Å². The van der Waals surface area contributed by atoms with E-state index in [-0.39, 0.29) is 0 Å². The van der Waals surface area contributed by atoms with Crippen LogP contribution in [-0.2, 0) is 10.3 Å². The maximum Gasteiger partial charge on any atom is 0.209 e. The molecular weight excluding hydrogens is 138 g/mol.